The Labute approximate surface area is 231 Å². The molecule has 1 saturated heterocycles. The summed E-state index contributed by atoms with van der Waals surface area (Å²) in [6.07, 6.45) is 5.12. The molecular formula is C31H41N3O5. The normalized spacial score (nSPS) is 17.1. The summed E-state index contributed by atoms with van der Waals surface area (Å²) in [5.74, 6) is -0.163. The van der Waals surface area contributed by atoms with E-state index in [1.165, 1.54) is 36.8 Å². The molecule has 2 heterocycles. The van der Waals surface area contributed by atoms with Gasteiger partial charge in [0.25, 0.3) is 5.91 Å². The maximum Gasteiger partial charge on any atom is 0.305 e. The molecule has 2 amide bonds. The monoisotopic (exact) mass is 535 g/mol. The summed E-state index contributed by atoms with van der Waals surface area (Å²) in [5.41, 5.74) is 9.22. The lowest BCUT2D eigenvalue weighted by Crippen LogP contribution is -2.45. The van der Waals surface area contributed by atoms with Crippen LogP contribution in [0.5, 0.6) is 5.75 Å². The Morgan fingerprint density at radius 3 is 2.38 bits per heavy atom. The fourth-order valence-corrected chi connectivity index (χ4v) is 5.69. The topological polar surface area (TPSA) is 102 Å². The van der Waals surface area contributed by atoms with Gasteiger partial charge < -0.3 is 20.1 Å². The molecule has 0 radical (unpaired) electrons. The highest BCUT2D eigenvalue weighted by molar-refractivity contribution is 6.01. The quantitative estimate of drug-likeness (QED) is 0.399. The van der Waals surface area contributed by atoms with E-state index >= 15 is 0 Å². The van der Waals surface area contributed by atoms with Crippen molar-refractivity contribution in [2.75, 3.05) is 20.2 Å². The van der Waals surface area contributed by atoms with Crippen molar-refractivity contribution in [3.05, 3.63) is 64.7 Å². The molecule has 39 heavy (non-hydrogen) atoms. The number of nitrogens with zero attached hydrogens (tertiary/aromatic N) is 2. The van der Waals surface area contributed by atoms with Gasteiger partial charge in [0.15, 0.2) is 0 Å². The molecule has 2 unspecified atom stereocenters. The summed E-state index contributed by atoms with van der Waals surface area (Å²) in [4.78, 5) is 41.0. The average Bonchev–Trinajstić information content (AvgIpc) is 3.27. The van der Waals surface area contributed by atoms with Crippen molar-refractivity contribution in [1.82, 2.24) is 9.80 Å². The van der Waals surface area contributed by atoms with Gasteiger partial charge in [-0.25, -0.2) is 0 Å². The zero-order chi connectivity index (χ0) is 27.9. The van der Waals surface area contributed by atoms with Crippen LogP contribution >= 0.6 is 0 Å². The standard InChI is InChI=1S/C31H41N3O5/c1-21(2)18-27(33-16-5-4-6-17-33)23-12-10-22(11-13-23)20-39-28-9-7-8-24-25(28)19-34(31(24)37)26(30(32)36)14-15-29(35)38-3/h7-13,21,26-27H,4-6,14-20H2,1-3H3,(H2,32,36). The number of methoxy groups -OCH3 is 1. The van der Waals surface area contributed by atoms with Gasteiger partial charge in [-0.1, -0.05) is 50.6 Å². The number of primary amides is 1. The minimum Gasteiger partial charge on any atom is -0.489 e. The van der Waals surface area contributed by atoms with Crippen molar-refractivity contribution in [2.24, 2.45) is 11.7 Å². The first kappa shape index (κ1) is 28.6. The number of nitrogens with two attached hydrogens (primary N) is 1. The lowest BCUT2D eigenvalue weighted by atomic mass is 9.93. The number of hydrogen-bond acceptors (Lipinski definition) is 6. The molecule has 0 aliphatic carbocycles. The number of carbonyl (C=O) groups is 3. The smallest absolute Gasteiger partial charge is 0.305 e. The van der Waals surface area contributed by atoms with Crippen molar-refractivity contribution in [3.8, 4) is 5.75 Å². The van der Waals surface area contributed by atoms with Crippen molar-refractivity contribution in [2.45, 2.75) is 77.6 Å². The number of piperidine rings is 1. The minimum absolute atomic E-state index is 0.000625. The van der Waals surface area contributed by atoms with Crippen molar-refractivity contribution >= 4 is 17.8 Å². The Bertz CT molecular complexity index is 1160. The Kier molecular flexibility index (Phi) is 9.62. The van der Waals surface area contributed by atoms with E-state index in [0.29, 0.717) is 29.9 Å². The van der Waals surface area contributed by atoms with E-state index < -0.39 is 17.9 Å². The number of amides is 2. The first-order valence-electron chi connectivity index (χ1n) is 14.0. The Balaban J connectivity index is 1.44. The van der Waals surface area contributed by atoms with Gasteiger partial charge >= 0.3 is 5.97 Å². The molecule has 0 saturated carbocycles. The second kappa shape index (κ2) is 13.1. The Hall–Kier alpha value is -3.39. The van der Waals surface area contributed by atoms with Gasteiger partial charge in [-0.15, -0.1) is 0 Å². The number of fused-ring (bicyclic) bond motifs is 1. The average molecular weight is 536 g/mol. The summed E-state index contributed by atoms with van der Waals surface area (Å²) in [6, 6.07) is 13.6. The predicted molar refractivity (Wildman–Crippen MR) is 149 cm³/mol. The number of hydrogen-bond donors (Lipinski definition) is 1. The molecular weight excluding hydrogens is 494 g/mol. The predicted octanol–water partition coefficient (Wildman–Crippen LogP) is 4.60. The van der Waals surface area contributed by atoms with Gasteiger partial charge in [-0.3, -0.25) is 19.3 Å². The van der Waals surface area contributed by atoms with Crippen LogP contribution in [0.25, 0.3) is 0 Å². The molecule has 2 aromatic carbocycles. The molecule has 2 aliphatic heterocycles. The fraction of sp³-hybridized carbons (Fsp3) is 0.516. The molecule has 2 aliphatic rings. The maximum absolute atomic E-state index is 13.1. The molecule has 0 spiro atoms. The van der Waals surface area contributed by atoms with Crippen LogP contribution in [0.4, 0.5) is 0 Å². The highest BCUT2D eigenvalue weighted by Gasteiger charge is 2.37. The molecule has 0 aromatic heterocycles. The van der Waals surface area contributed by atoms with E-state index in [-0.39, 0.29) is 25.3 Å². The van der Waals surface area contributed by atoms with E-state index in [9.17, 15) is 14.4 Å². The summed E-state index contributed by atoms with van der Waals surface area (Å²) in [7, 11) is 1.29. The lowest BCUT2D eigenvalue weighted by Gasteiger charge is -2.36. The van der Waals surface area contributed by atoms with E-state index in [1.807, 2.05) is 6.07 Å². The highest BCUT2D eigenvalue weighted by Crippen LogP contribution is 2.34. The number of ether oxygens (including phenoxy) is 2. The largest absolute Gasteiger partial charge is 0.489 e. The third-order valence-electron chi connectivity index (χ3n) is 7.79. The van der Waals surface area contributed by atoms with Gasteiger partial charge in [-0.2, -0.15) is 0 Å². The van der Waals surface area contributed by atoms with Crippen LogP contribution in [0.1, 0.15) is 85.5 Å². The molecule has 8 heteroatoms. The Morgan fingerprint density at radius 1 is 1.03 bits per heavy atom. The molecule has 210 valence electrons. The van der Waals surface area contributed by atoms with Crippen molar-refractivity contribution in [1.29, 1.82) is 0 Å². The third kappa shape index (κ3) is 6.98. The van der Waals surface area contributed by atoms with Crippen LogP contribution in [0, 0.1) is 5.92 Å². The molecule has 4 rings (SSSR count). The Morgan fingerprint density at radius 2 is 1.74 bits per heavy atom. The van der Waals surface area contributed by atoms with Crippen LogP contribution in [0.15, 0.2) is 42.5 Å². The molecule has 1 fully saturated rings. The number of esters is 1. The van der Waals surface area contributed by atoms with Gasteiger partial charge in [0, 0.05) is 23.6 Å². The first-order valence-corrected chi connectivity index (χ1v) is 14.0. The van der Waals surface area contributed by atoms with Crippen LogP contribution in [-0.4, -0.2) is 53.8 Å². The van der Waals surface area contributed by atoms with Crippen LogP contribution in [-0.2, 0) is 27.5 Å². The third-order valence-corrected chi connectivity index (χ3v) is 7.79. The minimum atomic E-state index is -0.900. The zero-order valence-electron chi connectivity index (χ0n) is 23.4. The summed E-state index contributed by atoms with van der Waals surface area (Å²) in [6.45, 7) is 7.46. The lowest BCUT2D eigenvalue weighted by molar-refractivity contribution is -0.141. The number of likely N-dealkylation sites (tertiary alicyclic amines) is 1. The van der Waals surface area contributed by atoms with E-state index in [0.717, 1.165) is 30.6 Å². The van der Waals surface area contributed by atoms with Crippen LogP contribution in [0.3, 0.4) is 0 Å². The van der Waals surface area contributed by atoms with Crippen LogP contribution in [0.2, 0.25) is 0 Å². The highest BCUT2D eigenvalue weighted by atomic mass is 16.5. The summed E-state index contributed by atoms with van der Waals surface area (Å²) < 4.78 is 10.9. The first-order chi connectivity index (χ1) is 18.8. The van der Waals surface area contributed by atoms with Crippen molar-refractivity contribution < 1.29 is 23.9 Å². The zero-order valence-corrected chi connectivity index (χ0v) is 23.4. The number of carbonyl (C=O) groups excluding carboxylic acids is 3. The second-order valence-corrected chi connectivity index (χ2v) is 11.0. The molecule has 2 N–H and O–H groups in total. The molecule has 2 atom stereocenters. The van der Waals surface area contributed by atoms with Crippen molar-refractivity contribution in [3.63, 3.8) is 0 Å². The molecule has 2 aromatic rings. The van der Waals surface area contributed by atoms with Gasteiger partial charge in [0.2, 0.25) is 5.91 Å². The second-order valence-electron chi connectivity index (χ2n) is 11.0. The number of rotatable bonds is 12. The number of benzene rings is 2. The van der Waals surface area contributed by atoms with E-state index in [4.69, 9.17) is 10.5 Å². The SMILES string of the molecule is COC(=O)CCC(C(N)=O)N1Cc2c(OCc3ccc(C(CC(C)C)N4CCCCC4)cc3)cccc2C1=O. The van der Waals surface area contributed by atoms with Gasteiger partial charge in [0.1, 0.15) is 18.4 Å². The van der Waals surface area contributed by atoms with Crippen LogP contribution < -0.4 is 10.5 Å². The van der Waals surface area contributed by atoms with Gasteiger partial charge in [0.05, 0.1) is 13.7 Å². The van der Waals surface area contributed by atoms with E-state index in [2.05, 4.69) is 47.7 Å². The summed E-state index contributed by atoms with van der Waals surface area (Å²) in [5, 5.41) is 0. The molecule has 8 nitrogen and oxygen atoms in total. The van der Waals surface area contributed by atoms with Gasteiger partial charge in [-0.05, 0) is 68.0 Å². The fourth-order valence-electron chi connectivity index (χ4n) is 5.69. The van der Waals surface area contributed by atoms with E-state index in [1.54, 1.807) is 12.1 Å². The maximum atomic E-state index is 13.1. The summed E-state index contributed by atoms with van der Waals surface area (Å²) >= 11 is 0. The molecule has 0 bridgehead atoms.